The molecule has 0 spiro atoms. The summed E-state index contributed by atoms with van der Waals surface area (Å²) in [7, 11) is 0. The van der Waals surface area contributed by atoms with E-state index in [0.29, 0.717) is 23.0 Å². The van der Waals surface area contributed by atoms with Gasteiger partial charge in [0.25, 0.3) is 0 Å². The van der Waals surface area contributed by atoms with Gasteiger partial charge in [0, 0.05) is 12.7 Å². The number of pyridine rings is 1. The van der Waals surface area contributed by atoms with E-state index >= 15 is 0 Å². The van der Waals surface area contributed by atoms with Crippen molar-refractivity contribution in [2.24, 2.45) is 5.73 Å². The number of aromatic nitrogens is 5. The van der Waals surface area contributed by atoms with Gasteiger partial charge < -0.3 is 5.73 Å². The highest BCUT2D eigenvalue weighted by molar-refractivity contribution is 5.85. The van der Waals surface area contributed by atoms with Gasteiger partial charge in [0.15, 0.2) is 5.65 Å². The van der Waals surface area contributed by atoms with E-state index in [2.05, 4.69) is 15.4 Å². The Labute approximate surface area is 152 Å². The SMILES string of the molecule is Cl.NC/C(=C\F)Cn1nc2cc(-c3ccc4nonc4c3)ccn2c1=O. The van der Waals surface area contributed by atoms with Crippen molar-refractivity contribution in [2.75, 3.05) is 6.54 Å². The molecule has 8 nitrogen and oxygen atoms in total. The van der Waals surface area contributed by atoms with Gasteiger partial charge in [-0.25, -0.2) is 18.5 Å². The summed E-state index contributed by atoms with van der Waals surface area (Å²) in [4.78, 5) is 12.3. The standard InChI is InChI=1S/C16H13FN6O2.ClH/c17-7-10(8-18)9-23-16(24)22-4-3-12(6-15(22)19-23)11-1-2-13-14(5-11)21-25-20-13;/h1-7H,8-9,18H2;1H/b10-7+;. The Morgan fingerprint density at radius 2 is 1.96 bits per heavy atom. The lowest BCUT2D eigenvalue weighted by atomic mass is 10.1. The molecule has 2 N–H and O–H groups in total. The van der Waals surface area contributed by atoms with Gasteiger partial charge in [-0.05, 0) is 51.3 Å². The molecule has 0 aliphatic rings. The summed E-state index contributed by atoms with van der Waals surface area (Å²) in [6.07, 6.45) is 2.03. The van der Waals surface area contributed by atoms with E-state index in [0.717, 1.165) is 11.1 Å². The Morgan fingerprint density at radius 1 is 1.19 bits per heavy atom. The van der Waals surface area contributed by atoms with Crippen LogP contribution in [0.1, 0.15) is 0 Å². The van der Waals surface area contributed by atoms with Crippen LogP contribution in [-0.2, 0) is 6.54 Å². The lowest BCUT2D eigenvalue weighted by molar-refractivity contribution is 0.315. The molecule has 0 radical (unpaired) electrons. The molecule has 4 aromatic rings. The first-order valence-electron chi connectivity index (χ1n) is 7.49. The smallest absolute Gasteiger partial charge is 0.327 e. The highest BCUT2D eigenvalue weighted by Gasteiger charge is 2.10. The molecule has 134 valence electrons. The van der Waals surface area contributed by atoms with Crippen LogP contribution < -0.4 is 11.4 Å². The molecule has 26 heavy (non-hydrogen) atoms. The van der Waals surface area contributed by atoms with Crippen LogP contribution in [0.4, 0.5) is 4.39 Å². The minimum atomic E-state index is -0.356. The van der Waals surface area contributed by atoms with Crippen LogP contribution in [0.5, 0.6) is 0 Å². The summed E-state index contributed by atoms with van der Waals surface area (Å²) in [6.45, 7) is 0.0349. The number of hydrogen-bond donors (Lipinski definition) is 1. The maximum atomic E-state index is 12.7. The fraction of sp³-hybridized carbons (Fsp3) is 0.125. The zero-order valence-electron chi connectivity index (χ0n) is 13.4. The van der Waals surface area contributed by atoms with Gasteiger partial charge in [-0.15, -0.1) is 17.5 Å². The third-order valence-corrected chi connectivity index (χ3v) is 3.94. The second-order valence-corrected chi connectivity index (χ2v) is 5.52. The van der Waals surface area contributed by atoms with Crippen LogP contribution >= 0.6 is 12.4 Å². The number of benzene rings is 1. The first-order valence-corrected chi connectivity index (χ1v) is 7.49. The molecular formula is C16H14ClFN6O2. The van der Waals surface area contributed by atoms with E-state index in [-0.39, 0.29) is 36.8 Å². The Morgan fingerprint density at radius 3 is 2.73 bits per heavy atom. The van der Waals surface area contributed by atoms with Crippen LogP contribution in [0.3, 0.4) is 0 Å². The predicted molar refractivity (Wildman–Crippen MR) is 95.7 cm³/mol. The molecule has 0 aliphatic carbocycles. The molecule has 10 heteroatoms. The number of halogens is 2. The van der Waals surface area contributed by atoms with Gasteiger partial charge >= 0.3 is 5.69 Å². The summed E-state index contributed by atoms with van der Waals surface area (Å²) in [5.74, 6) is 0. The summed E-state index contributed by atoms with van der Waals surface area (Å²) < 4.78 is 20.0. The van der Waals surface area contributed by atoms with Crippen molar-refractivity contribution in [3.63, 3.8) is 0 Å². The molecule has 0 unspecified atom stereocenters. The van der Waals surface area contributed by atoms with E-state index in [1.165, 1.54) is 9.08 Å². The maximum Gasteiger partial charge on any atom is 0.350 e. The lowest BCUT2D eigenvalue weighted by Crippen LogP contribution is -2.23. The third-order valence-electron chi connectivity index (χ3n) is 3.94. The Hall–Kier alpha value is -3.04. The van der Waals surface area contributed by atoms with Crippen LogP contribution in [0.25, 0.3) is 27.8 Å². The third kappa shape index (κ3) is 2.98. The molecule has 0 bridgehead atoms. The highest BCUT2D eigenvalue weighted by Crippen LogP contribution is 2.23. The molecule has 0 atom stereocenters. The quantitative estimate of drug-likeness (QED) is 0.583. The molecule has 4 rings (SSSR count). The lowest BCUT2D eigenvalue weighted by Gasteiger charge is -2.01. The van der Waals surface area contributed by atoms with Crippen molar-refractivity contribution in [1.29, 1.82) is 0 Å². The summed E-state index contributed by atoms with van der Waals surface area (Å²) in [6, 6.07) is 9.09. The van der Waals surface area contributed by atoms with Crippen LogP contribution in [0, 0.1) is 0 Å². The van der Waals surface area contributed by atoms with Crippen LogP contribution in [-0.4, -0.2) is 31.0 Å². The molecule has 0 fully saturated rings. The summed E-state index contributed by atoms with van der Waals surface area (Å²) in [5.41, 5.74) is 8.87. The second-order valence-electron chi connectivity index (χ2n) is 5.52. The first kappa shape index (κ1) is 17.8. The fourth-order valence-electron chi connectivity index (χ4n) is 2.60. The predicted octanol–water partition coefficient (Wildman–Crippen LogP) is 1.93. The van der Waals surface area contributed by atoms with Crippen molar-refractivity contribution >= 4 is 29.1 Å². The number of nitrogens with zero attached hydrogens (tertiary/aromatic N) is 5. The molecule has 0 saturated heterocycles. The zero-order chi connectivity index (χ0) is 17.4. The van der Waals surface area contributed by atoms with E-state index in [4.69, 9.17) is 10.4 Å². The Kier molecular flexibility index (Phi) is 4.83. The van der Waals surface area contributed by atoms with Crippen molar-refractivity contribution in [3.05, 3.63) is 58.9 Å². The number of fused-ring (bicyclic) bond motifs is 2. The molecule has 3 aromatic heterocycles. The van der Waals surface area contributed by atoms with Gasteiger partial charge in [0.2, 0.25) is 0 Å². The van der Waals surface area contributed by atoms with Crippen molar-refractivity contribution in [2.45, 2.75) is 6.54 Å². The van der Waals surface area contributed by atoms with Gasteiger partial charge in [-0.1, -0.05) is 6.07 Å². The topological polar surface area (TPSA) is 104 Å². The second kappa shape index (κ2) is 7.06. The number of nitrogens with two attached hydrogens (primary N) is 1. The normalized spacial score (nSPS) is 11.8. The summed E-state index contributed by atoms with van der Waals surface area (Å²) in [5, 5.41) is 11.8. The zero-order valence-corrected chi connectivity index (χ0v) is 14.2. The molecule has 1 aromatic carbocycles. The summed E-state index contributed by atoms with van der Waals surface area (Å²) >= 11 is 0. The maximum absolute atomic E-state index is 12.7. The molecule has 0 saturated carbocycles. The average Bonchev–Trinajstić information content (AvgIpc) is 3.23. The van der Waals surface area contributed by atoms with Crippen molar-refractivity contribution in [1.82, 2.24) is 24.5 Å². The Bertz CT molecular complexity index is 1160. The minimum absolute atomic E-state index is 0. The van der Waals surface area contributed by atoms with Gasteiger partial charge in [0.1, 0.15) is 11.0 Å². The molecule has 0 amide bonds. The van der Waals surface area contributed by atoms with E-state index in [9.17, 15) is 9.18 Å². The molecule has 3 heterocycles. The van der Waals surface area contributed by atoms with E-state index in [1.54, 1.807) is 24.4 Å². The van der Waals surface area contributed by atoms with Crippen LogP contribution in [0.15, 0.2) is 57.9 Å². The minimum Gasteiger partial charge on any atom is -0.327 e. The van der Waals surface area contributed by atoms with E-state index < -0.39 is 0 Å². The highest BCUT2D eigenvalue weighted by atomic mass is 35.5. The monoisotopic (exact) mass is 376 g/mol. The van der Waals surface area contributed by atoms with E-state index in [1.807, 2.05) is 12.1 Å². The first-order chi connectivity index (χ1) is 12.2. The molecular weight excluding hydrogens is 363 g/mol. The number of hydrogen-bond acceptors (Lipinski definition) is 6. The number of rotatable bonds is 4. The van der Waals surface area contributed by atoms with Crippen LogP contribution in [0.2, 0.25) is 0 Å². The van der Waals surface area contributed by atoms with Gasteiger partial charge in [0.05, 0.1) is 12.9 Å². The average molecular weight is 377 g/mol. The van der Waals surface area contributed by atoms with Gasteiger partial charge in [-0.3, -0.25) is 4.40 Å². The van der Waals surface area contributed by atoms with Crippen molar-refractivity contribution < 1.29 is 9.02 Å². The van der Waals surface area contributed by atoms with Gasteiger partial charge in [-0.2, -0.15) is 0 Å². The van der Waals surface area contributed by atoms with Crippen molar-refractivity contribution in [3.8, 4) is 11.1 Å². The Balaban J connectivity index is 0.00000196. The molecule has 0 aliphatic heterocycles. The fourth-order valence-corrected chi connectivity index (χ4v) is 2.60. The largest absolute Gasteiger partial charge is 0.350 e.